The van der Waals surface area contributed by atoms with Crippen LogP contribution in [0.1, 0.15) is 18.9 Å². The highest BCUT2D eigenvalue weighted by Crippen LogP contribution is 2.18. The Kier molecular flexibility index (Phi) is 7.40. The zero-order chi connectivity index (χ0) is 14.8. The van der Waals surface area contributed by atoms with Crippen LogP contribution in [0.4, 0.5) is 13.2 Å². The first kappa shape index (κ1) is 16.8. The molecule has 1 N–H and O–H groups in total. The van der Waals surface area contributed by atoms with E-state index in [1.165, 1.54) is 0 Å². The predicted octanol–water partition coefficient (Wildman–Crippen LogP) is 3.14. The van der Waals surface area contributed by atoms with E-state index in [1.54, 1.807) is 0 Å². The maximum atomic E-state index is 11.8. The van der Waals surface area contributed by atoms with Gasteiger partial charge in [-0.25, -0.2) is 0 Å². The van der Waals surface area contributed by atoms with Crippen molar-refractivity contribution in [1.29, 1.82) is 0 Å². The molecular formula is C14H20F3NO2. The molecule has 0 amide bonds. The molecular weight excluding hydrogens is 271 g/mol. The van der Waals surface area contributed by atoms with Gasteiger partial charge < -0.3 is 14.8 Å². The van der Waals surface area contributed by atoms with Crippen molar-refractivity contribution < 1.29 is 22.6 Å². The van der Waals surface area contributed by atoms with Crippen molar-refractivity contribution in [2.24, 2.45) is 0 Å². The van der Waals surface area contributed by atoms with Gasteiger partial charge in [0.15, 0.2) is 0 Å². The molecule has 114 valence electrons. The maximum absolute atomic E-state index is 11.8. The van der Waals surface area contributed by atoms with Crippen LogP contribution in [0.15, 0.2) is 24.3 Å². The fourth-order valence-corrected chi connectivity index (χ4v) is 1.48. The highest BCUT2D eigenvalue weighted by molar-refractivity contribution is 5.27. The van der Waals surface area contributed by atoms with E-state index in [0.29, 0.717) is 5.75 Å². The van der Waals surface area contributed by atoms with Crippen LogP contribution >= 0.6 is 0 Å². The Balaban J connectivity index is 2.13. The van der Waals surface area contributed by atoms with E-state index in [2.05, 4.69) is 5.32 Å². The topological polar surface area (TPSA) is 30.5 Å². The maximum Gasteiger partial charge on any atom is 0.391 e. The fraction of sp³-hybridized carbons (Fsp3) is 0.571. The third-order valence-corrected chi connectivity index (χ3v) is 2.53. The van der Waals surface area contributed by atoms with Crippen molar-refractivity contribution in [1.82, 2.24) is 5.32 Å². The van der Waals surface area contributed by atoms with Gasteiger partial charge in [-0.1, -0.05) is 19.1 Å². The van der Waals surface area contributed by atoms with Crippen molar-refractivity contribution in [3.05, 3.63) is 29.8 Å². The van der Waals surface area contributed by atoms with E-state index < -0.39 is 12.6 Å². The molecule has 0 spiro atoms. The Morgan fingerprint density at radius 1 is 1.05 bits per heavy atom. The van der Waals surface area contributed by atoms with Crippen molar-refractivity contribution in [2.75, 3.05) is 26.4 Å². The van der Waals surface area contributed by atoms with Crippen molar-refractivity contribution in [2.45, 2.75) is 26.1 Å². The van der Waals surface area contributed by atoms with Crippen LogP contribution in [0.3, 0.4) is 0 Å². The third kappa shape index (κ3) is 8.01. The Labute approximate surface area is 117 Å². The molecule has 6 heteroatoms. The quantitative estimate of drug-likeness (QED) is 0.709. The average Bonchev–Trinajstić information content (AvgIpc) is 2.40. The number of alkyl halides is 3. The van der Waals surface area contributed by atoms with E-state index in [4.69, 9.17) is 9.47 Å². The minimum atomic E-state index is -4.16. The van der Waals surface area contributed by atoms with Crippen LogP contribution in [0.2, 0.25) is 0 Å². The van der Waals surface area contributed by atoms with Crippen molar-refractivity contribution in [3.63, 3.8) is 0 Å². The van der Waals surface area contributed by atoms with Crippen molar-refractivity contribution >= 4 is 0 Å². The van der Waals surface area contributed by atoms with Gasteiger partial charge in [-0.05, 0) is 24.2 Å². The zero-order valence-electron chi connectivity index (χ0n) is 11.5. The van der Waals surface area contributed by atoms with Gasteiger partial charge in [0.05, 0.1) is 19.6 Å². The Morgan fingerprint density at radius 3 is 2.35 bits per heavy atom. The first-order valence-electron chi connectivity index (χ1n) is 6.58. The monoisotopic (exact) mass is 291 g/mol. The molecule has 0 atom stereocenters. The molecule has 1 aromatic carbocycles. The summed E-state index contributed by atoms with van der Waals surface area (Å²) in [5, 5.41) is 3.21. The molecule has 0 heterocycles. The van der Waals surface area contributed by atoms with Crippen LogP contribution in [0.25, 0.3) is 0 Å². The number of benzene rings is 1. The molecule has 0 bridgehead atoms. The Morgan fingerprint density at radius 2 is 1.75 bits per heavy atom. The number of rotatable bonds is 9. The smallest absolute Gasteiger partial charge is 0.391 e. The molecule has 0 aliphatic rings. The second-order valence-electron chi connectivity index (χ2n) is 4.25. The second kappa shape index (κ2) is 8.81. The summed E-state index contributed by atoms with van der Waals surface area (Å²) in [6.07, 6.45) is -5.09. The lowest BCUT2D eigenvalue weighted by molar-refractivity contribution is -0.145. The lowest BCUT2D eigenvalue weighted by atomic mass is 10.2. The van der Waals surface area contributed by atoms with Gasteiger partial charge in [0, 0.05) is 6.54 Å². The molecule has 0 fully saturated rings. The third-order valence-electron chi connectivity index (χ3n) is 2.53. The van der Waals surface area contributed by atoms with Gasteiger partial charge in [0.25, 0.3) is 0 Å². The van der Waals surface area contributed by atoms with E-state index in [-0.39, 0.29) is 19.8 Å². The van der Waals surface area contributed by atoms with Gasteiger partial charge in [-0.15, -0.1) is 0 Å². The van der Waals surface area contributed by atoms with E-state index >= 15 is 0 Å². The fourth-order valence-electron chi connectivity index (χ4n) is 1.48. The number of halogens is 3. The predicted molar refractivity (Wildman–Crippen MR) is 70.8 cm³/mol. The van der Waals surface area contributed by atoms with Gasteiger partial charge >= 0.3 is 6.18 Å². The summed E-state index contributed by atoms with van der Waals surface area (Å²) in [7, 11) is 0. The SMILES string of the molecule is CCNCc1ccc(OCCOCCC(F)(F)F)cc1. The molecule has 0 saturated heterocycles. The Bertz CT molecular complexity index is 366. The molecule has 0 unspecified atom stereocenters. The van der Waals surface area contributed by atoms with Gasteiger partial charge in [-0.3, -0.25) is 0 Å². The molecule has 0 aromatic heterocycles. The summed E-state index contributed by atoms with van der Waals surface area (Å²) < 4.78 is 45.7. The lowest BCUT2D eigenvalue weighted by Gasteiger charge is -2.09. The first-order valence-corrected chi connectivity index (χ1v) is 6.58. The summed E-state index contributed by atoms with van der Waals surface area (Å²) in [6, 6.07) is 7.57. The summed E-state index contributed by atoms with van der Waals surface area (Å²) in [4.78, 5) is 0. The summed E-state index contributed by atoms with van der Waals surface area (Å²) in [5.41, 5.74) is 1.15. The van der Waals surface area contributed by atoms with Gasteiger partial charge in [-0.2, -0.15) is 13.2 Å². The molecule has 0 radical (unpaired) electrons. The van der Waals surface area contributed by atoms with E-state index in [1.807, 2.05) is 31.2 Å². The van der Waals surface area contributed by atoms with Crippen molar-refractivity contribution in [3.8, 4) is 5.75 Å². The normalized spacial score (nSPS) is 11.6. The highest BCUT2D eigenvalue weighted by atomic mass is 19.4. The summed E-state index contributed by atoms with van der Waals surface area (Å²) >= 11 is 0. The number of hydrogen-bond acceptors (Lipinski definition) is 3. The van der Waals surface area contributed by atoms with Crippen LogP contribution in [-0.2, 0) is 11.3 Å². The van der Waals surface area contributed by atoms with Crippen LogP contribution in [0, 0.1) is 0 Å². The number of ether oxygens (including phenoxy) is 2. The Hall–Kier alpha value is -1.27. The molecule has 1 rings (SSSR count). The lowest BCUT2D eigenvalue weighted by Crippen LogP contribution is -2.14. The van der Waals surface area contributed by atoms with E-state index in [9.17, 15) is 13.2 Å². The largest absolute Gasteiger partial charge is 0.491 e. The van der Waals surface area contributed by atoms with Crippen LogP contribution in [0.5, 0.6) is 5.75 Å². The zero-order valence-corrected chi connectivity index (χ0v) is 11.5. The van der Waals surface area contributed by atoms with E-state index in [0.717, 1.165) is 18.7 Å². The molecule has 0 saturated carbocycles. The summed E-state index contributed by atoms with van der Waals surface area (Å²) in [6.45, 7) is 3.81. The minimum Gasteiger partial charge on any atom is -0.491 e. The van der Waals surface area contributed by atoms with Gasteiger partial charge in [0.1, 0.15) is 12.4 Å². The molecule has 20 heavy (non-hydrogen) atoms. The number of nitrogens with one attached hydrogen (secondary N) is 1. The standard InChI is InChI=1S/C14H20F3NO2/c1-2-18-11-12-3-5-13(6-4-12)20-10-9-19-8-7-14(15,16)17/h3-6,18H,2,7-11H2,1H3. The van der Waals surface area contributed by atoms with Crippen LogP contribution < -0.4 is 10.1 Å². The first-order chi connectivity index (χ1) is 9.51. The van der Waals surface area contributed by atoms with Crippen LogP contribution in [-0.4, -0.2) is 32.5 Å². The second-order valence-corrected chi connectivity index (χ2v) is 4.25. The number of hydrogen-bond donors (Lipinski definition) is 1. The highest BCUT2D eigenvalue weighted by Gasteiger charge is 2.26. The van der Waals surface area contributed by atoms with Gasteiger partial charge in [0.2, 0.25) is 0 Å². The average molecular weight is 291 g/mol. The minimum absolute atomic E-state index is 0.148. The molecule has 0 aliphatic heterocycles. The molecule has 1 aromatic rings. The summed E-state index contributed by atoms with van der Waals surface area (Å²) in [5.74, 6) is 0.685. The molecule has 0 aliphatic carbocycles. The molecule has 3 nitrogen and oxygen atoms in total.